The van der Waals surface area contributed by atoms with Gasteiger partial charge in [-0.1, -0.05) is 31.4 Å². The number of terminal acetylenes is 1. The molecule has 4 rings (SSSR count). The van der Waals surface area contributed by atoms with Crippen LogP contribution in [0.3, 0.4) is 0 Å². The van der Waals surface area contributed by atoms with E-state index in [1.807, 2.05) is 6.08 Å². The van der Waals surface area contributed by atoms with Crippen LogP contribution >= 0.6 is 0 Å². The second-order valence-electron chi connectivity index (χ2n) is 9.06. The van der Waals surface area contributed by atoms with Crippen molar-refractivity contribution in [3.63, 3.8) is 0 Å². The maximum atomic E-state index is 12.2. The summed E-state index contributed by atoms with van der Waals surface area (Å²) in [5.74, 6) is 4.11. The van der Waals surface area contributed by atoms with Gasteiger partial charge in [0.25, 0.3) is 0 Å². The van der Waals surface area contributed by atoms with Gasteiger partial charge in [0, 0.05) is 16.4 Å². The van der Waals surface area contributed by atoms with Gasteiger partial charge >= 0.3 is 0 Å². The quantitative estimate of drug-likeness (QED) is 0.722. The molecule has 2 N–H and O–H groups in total. The van der Waals surface area contributed by atoms with E-state index in [0.717, 1.165) is 32.1 Å². The Morgan fingerprint density at radius 2 is 1.96 bits per heavy atom. The van der Waals surface area contributed by atoms with Crippen LogP contribution in [0.4, 0.5) is 0 Å². The maximum Gasteiger partial charge on any atom is 0.183 e. The van der Waals surface area contributed by atoms with Gasteiger partial charge in [0.05, 0.1) is 6.61 Å². The summed E-state index contributed by atoms with van der Waals surface area (Å²) in [5.41, 5.74) is 0.437. The molecule has 0 amide bonds. The van der Waals surface area contributed by atoms with Gasteiger partial charge in [0.2, 0.25) is 0 Å². The molecule has 0 heterocycles. The monoisotopic (exact) mass is 340 g/mol. The molecule has 25 heavy (non-hydrogen) atoms. The van der Waals surface area contributed by atoms with Crippen LogP contribution in [0.2, 0.25) is 0 Å². The molecule has 6 atom stereocenters. The molecule has 134 valence electrons. The summed E-state index contributed by atoms with van der Waals surface area (Å²) in [7, 11) is 0. The predicted molar refractivity (Wildman–Crippen MR) is 96.4 cm³/mol. The van der Waals surface area contributed by atoms with Gasteiger partial charge < -0.3 is 10.2 Å². The largest absolute Gasteiger partial charge is 0.392 e. The Balaban J connectivity index is 1.73. The first-order valence-electron chi connectivity index (χ1n) is 9.57. The molecule has 3 saturated carbocycles. The van der Waals surface area contributed by atoms with E-state index in [1.54, 1.807) is 6.08 Å². The highest BCUT2D eigenvalue weighted by molar-refractivity contribution is 6.06. The zero-order valence-electron chi connectivity index (χ0n) is 15.2. The molecule has 3 fully saturated rings. The van der Waals surface area contributed by atoms with Crippen LogP contribution in [0, 0.1) is 40.9 Å². The Bertz CT molecular complexity index is 726. The van der Waals surface area contributed by atoms with Gasteiger partial charge in [-0.2, -0.15) is 0 Å². The number of hydrogen-bond acceptors (Lipinski definition) is 3. The van der Waals surface area contributed by atoms with Crippen LogP contribution in [0.1, 0.15) is 52.4 Å². The van der Waals surface area contributed by atoms with E-state index in [2.05, 4.69) is 19.8 Å². The Morgan fingerprint density at radius 1 is 1.24 bits per heavy atom. The third-order valence-electron chi connectivity index (χ3n) is 8.30. The molecule has 0 radical (unpaired) electrons. The van der Waals surface area contributed by atoms with Gasteiger partial charge in [-0.15, -0.1) is 6.42 Å². The summed E-state index contributed by atoms with van der Waals surface area (Å²) < 4.78 is 0. The van der Waals surface area contributed by atoms with Gasteiger partial charge in [0.15, 0.2) is 5.78 Å². The molecule has 0 aromatic carbocycles. The van der Waals surface area contributed by atoms with Crippen LogP contribution in [0.15, 0.2) is 23.3 Å². The van der Waals surface area contributed by atoms with Crippen LogP contribution < -0.4 is 0 Å². The minimum absolute atomic E-state index is 0.0309. The molecule has 0 bridgehead atoms. The van der Waals surface area contributed by atoms with E-state index in [9.17, 15) is 15.0 Å². The van der Waals surface area contributed by atoms with Crippen LogP contribution in [0.5, 0.6) is 0 Å². The highest BCUT2D eigenvalue weighted by Gasteiger charge is 2.63. The molecule has 0 spiro atoms. The van der Waals surface area contributed by atoms with Crippen molar-refractivity contribution in [1.29, 1.82) is 0 Å². The summed E-state index contributed by atoms with van der Waals surface area (Å²) in [6.45, 7) is 4.24. The highest BCUT2D eigenvalue weighted by Crippen LogP contribution is 2.66. The van der Waals surface area contributed by atoms with Gasteiger partial charge in [0.1, 0.15) is 5.60 Å². The highest BCUT2D eigenvalue weighted by atomic mass is 16.3. The molecule has 0 aromatic rings. The fraction of sp³-hybridized carbons (Fsp3) is 0.682. The molecule has 4 aliphatic rings. The SMILES string of the molecule is C#C[C@@]1(O)CC[C@H]2[C@@H]3CCC4=CC(=O)C(CO)=C[C@]4(C)[C@H]3CC[C@@]21C. The number of aliphatic hydroxyl groups excluding tert-OH is 1. The lowest BCUT2D eigenvalue weighted by Gasteiger charge is -2.57. The van der Waals surface area contributed by atoms with E-state index in [-0.39, 0.29) is 23.2 Å². The van der Waals surface area contributed by atoms with Gasteiger partial charge in [-0.25, -0.2) is 0 Å². The number of carbonyl (C=O) groups excluding carboxylic acids is 1. The lowest BCUT2D eigenvalue weighted by Crippen LogP contribution is -2.54. The van der Waals surface area contributed by atoms with Crippen molar-refractivity contribution >= 4 is 5.78 Å². The zero-order chi connectivity index (χ0) is 18.0. The van der Waals surface area contributed by atoms with Crippen LogP contribution in [0.25, 0.3) is 0 Å². The third-order valence-corrected chi connectivity index (χ3v) is 8.30. The van der Waals surface area contributed by atoms with Crippen LogP contribution in [-0.2, 0) is 4.79 Å². The average molecular weight is 340 g/mol. The first kappa shape index (κ1) is 17.1. The molecular formula is C22H28O3. The Morgan fingerprint density at radius 3 is 2.64 bits per heavy atom. The van der Waals surface area contributed by atoms with Crippen molar-refractivity contribution in [2.24, 2.45) is 28.6 Å². The molecule has 0 aliphatic heterocycles. The lowest BCUT2D eigenvalue weighted by atomic mass is 9.47. The number of fused-ring (bicyclic) bond motifs is 5. The van der Waals surface area contributed by atoms with Crippen molar-refractivity contribution in [2.45, 2.75) is 58.0 Å². The summed E-state index contributed by atoms with van der Waals surface area (Å²) in [4.78, 5) is 12.2. The van der Waals surface area contributed by atoms with Gasteiger partial charge in [-0.3, -0.25) is 4.79 Å². The van der Waals surface area contributed by atoms with Crippen molar-refractivity contribution in [1.82, 2.24) is 0 Å². The smallest absolute Gasteiger partial charge is 0.183 e. The second-order valence-corrected chi connectivity index (χ2v) is 9.06. The number of aliphatic hydroxyl groups is 2. The summed E-state index contributed by atoms with van der Waals surface area (Å²) in [5, 5.41) is 20.6. The van der Waals surface area contributed by atoms with Crippen molar-refractivity contribution in [2.75, 3.05) is 6.61 Å². The van der Waals surface area contributed by atoms with E-state index in [0.29, 0.717) is 29.7 Å². The summed E-state index contributed by atoms with van der Waals surface area (Å²) >= 11 is 0. The molecule has 0 aromatic heterocycles. The van der Waals surface area contributed by atoms with Crippen molar-refractivity contribution in [3.8, 4) is 12.3 Å². The maximum absolute atomic E-state index is 12.2. The van der Waals surface area contributed by atoms with Crippen molar-refractivity contribution in [3.05, 3.63) is 23.3 Å². The van der Waals surface area contributed by atoms with E-state index in [1.165, 1.54) is 5.57 Å². The van der Waals surface area contributed by atoms with E-state index >= 15 is 0 Å². The molecule has 4 aliphatic carbocycles. The first-order chi connectivity index (χ1) is 11.8. The lowest BCUT2D eigenvalue weighted by molar-refractivity contribution is -0.112. The molecule has 3 heteroatoms. The molecule has 3 nitrogen and oxygen atoms in total. The number of hydrogen-bond donors (Lipinski definition) is 2. The van der Waals surface area contributed by atoms with Crippen molar-refractivity contribution < 1.29 is 15.0 Å². The van der Waals surface area contributed by atoms with Crippen LogP contribution in [-0.4, -0.2) is 28.2 Å². The number of allylic oxidation sites excluding steroid dienone is 3. The average Bonchev–Trinajstić information content (AvgIpc) is 2.87. The topological polar surface area (TPSA) is 57.5 Å². The molecule has 0 unspecified atom stereocenters. The number of ketones is 1. The Hall–Kier alpha value is -1.37. The zero-order valence-corrected chi connectivity index (χ0v) is 15.2. The van der Waals surface area contributed by atoms with E-state index < -0.39 is 5.60 Å². The fourth-order valence-electron chi connectivity index (χ4n) is 6.75. The third kappa shape index (κ3) is 2.04. The van der Waals surface area contributed by atoms with Gasteiger partial charge in [-0.05, 0) is 62.4 Å². The standard InChI is InChI=1S/C22H28O3/c1-4-22(25)10-8-18-16-6-5-15-11-19(24)14(13-23)12-20(15,2)17(16)7-9-21(18,22)3/h1,11-12,16-18,23,25H,5-10,13H2,2-3H3/t16-,17+,18+,20+,21+,22-/m1/s1. The summed E-state index contributed by atoms with van der Waals surface area (Å²) in [6, 6.07) is 0. The second kappa shape index (κ2) is 5.32. The number of carbonyl (C=O) groups is 1. The normalized spacial score (nSPS) is 48.6. The first-order valence-corrected chi connectivity index (χ1v) is 9.57. The van der Waals surface area contributed by atoms with E-state index in [4.69, 9.17) is 6.42 Å². The molecule has 0 saturated heterocycles. The minimum atomic E-state index is -0.978. The Kier molecular flexibility index (Phi) is 3.63. The fourth-order valence-corrected chi connectivity index (χ4v) is 6.75. The number of rotatable bonds is 1. The summed E-state index contributed by atoms with van der Waals surface area (Å²) in [6.07, 6.45) is 15.2. The Labute approximate surface area is 150 Å². The minimum Gasteiger partial charge on any atom is -0.392 e. The molecular weight excluding hydrogens is 312 g/mol. The predicted octanol–water partition coefficient (Wildman–Crippen LogP) is 3.02.